The maximum Gasteiger partial charge on any atom is 0.322 e. The fourth-order valence-corrected chi connectivity index (χ4v) is 2.14. The van der Waals surface area contributed by atoms with Crippen LogP contribution >= 0.6 is 11.8 Å². The maximum absolute atomic E-state index is 11.3. The van der Waals surface area contributed by atoms with Crippen molar-refractivity contribution in [2.45, 2.75) is 31.5 Å². The Morgan fingerprint density at radius 3 is 2.82 bits per heavy atom. The summed E-state index contributed by atoms with van der Waals surface area (Å²) in [6.45, 7) is 4.02. The average Bonchev–Trinajstić information content (AvgIpc) is 2.61. The van der Waals surface area contributed by atoms with Crippen LogP contribution in [0.1, 0.15) is 19.2 Å². The molecule has 0 radical (unpaired) electrons. The summed E-state index contributed by atoms with van der Waals surface area (Å²) in [5.41, 5.74) is 5.68. The Morgan fingerprint density at radius 2 is 2.29 bits per heavy atom. The van der Waals surface area contributed by atoms with Gasteiger partial charge in [-0.15, -0.1) is 10.2 Å². The largest absolute Gasteiger partial charge is 0.465 e. The highest BCUT2D eigenvalue weighted by Crippen LogP contribution is 2.16. The van der Waals surface area contributed by atoms with Crippen molar-refractivity contribution in [1.29, 1.82) is 0 Å². The number of aromatic nitrogens is 3. The first kappa shape index (κ1) is 14.0. The van der Waals surface area contributed by atoms with Gasteiger partial charge in [0.15, 0.2) is 5.16 Å². The van der Waals surface area contributed by atoms with Gasteiger partial charge in [-0.3, -0.25) is 4.79 Å². The van der Waals surface area contributed by atoms with E-state index in [0.29, 0.717) is 18.8 Å². The molecule has 0 saturated heterocycles. The van der Waals surface area contributed by atoms with Crippen LogP contribution in [0.2, 0.25) is 0 Å². The molecule has 2 N–H and O–H groups in total. The molecule has 0 amide bonds. The van der Waals surface area contributed by atoms with E-state index in [9.17, 15) is 4.79 Å². The summed E-state index contributed by atoms with van der Waals surface area (Å²) >= 11 is 1.53. The normalized spacial score (nSPS) is 12.5. The molecule has 0 bridgehead atoms. The number of esters is 1. The van der Waals surface area contributed by atoms with Crippen molar-refractivity contribution < 1.29 is 9.53 Å². The number of nitrogens with two attached hydrogens (primary N) is 1. The van der Waals surface area contributed by atoms with Crippen LogP contribution in [0.5, 0.6) is 0 Å². The predicted octanol–water partition coefficient (Wildman–Crippen LogP) is 0.496. The summed E-state index contributed by atoms with van der Waals surface area (Å²) < 4.78 is 6.73. The molecule has 0 aromatic carbocycles. The van der Waals surface area contributed by atoms with Crippen molar-refractivity contribution in [3.63, 3.8) is 0 Å². The second kappa shape index (κ2) is 6.61. The lowest BCUT2D eigenvalue weighted by Gasteiger charge is -2.09. The van der Waals surface area contributed by atoms with Crippen LogP contribution in [0.15, 0.2) is 5.16 Å². The highest BCUT2D eigenvalue weighted by Gasteiger charge is 2.15. The SMILES string of the molecule is CCOC(=O)C(N)CCSc1nnc(C)n1C. The Morgan fingerprint density at radius 1 is 1.59 bits per heavy atom. The number of carbonyl (C=O) groups is 1. The lowest BCUT2D eigenvalue weighted by atomic mass is 10.2. The predicted molar refractivity (Wildman–Crippen MR) is 65.7 cm³/mol. The van der Waals surface area contributed by atoms with Gasteiger partial charge in [0.05, 0.1) is 6.61 Å². The van der Waals surface area contributed by atoms with Crippen LogP contribution < -0.4 is 5.73 Å². The van der Waals surface area contributed by atoms with Crippen molar-refractivity contribution in [2.75, 3.05) is 12.4 Å². The zero-order valence-electron chi connectivity index (χ0n) is 10.3. The molecule has 1 atom stereocenters. The number of hydrogen-bond donors (Lipinski definition) is 1. The monoisotopic (exact) mass is 258 g/mol. The highest BCUT2D eigenvalue weighted by atomic mass is 32.2. The Hall–Kier alpha value is -1.08. The first-order valence-corrected chi connectivity index (χ1v) is 6.45. The van der Waals surface area contributed by atoms with Crippen LogP contribution in [-0.2, 0) is 16.6 Å². The third-order valence-corrected chi connectivity index (χ3v) is 3.36. The first-order chi connectivity index (χ1) is 8.06. The van der Waals surface area contributed by atoms with Gasteiger partial charge in [0.2, 0.25) is 0 Å². The molecule has 6 nitrogen and oxygen atoms in total. The van der Waals surface area contributed by atoms with E-state index in [1.165, 1.54) is 11.8 Å². The molecule has 0 saturated carbocycles. The van der Waals surface area contributed by atoms with Crippen LogP contribution in [0, 0.1) is 6.92 Å². The number of carbonyl (C=O) groups excluding carboxylic acids is 1. The van der Waals surface area contributed by atoms with E-state index in [1.54, 1.807) is 6.92 Å². The van der Waals surface area contributed by atoms with E-state index in [-0.39, 0.29) is 5.97 Å². The van der Waals surface area contributed by atoms with Gasteiger partial charge in [0.25, 0.3) is 0 Å². The standard InChI is InChI=1S/C10H18N4O2S/c1-4-16-9(15)8(11)5-6-17-10-13-12-7(2)14(10)3/h8H,4-6,11H2,1-3H3. The zero-order chi connectivity index (χ0) is 12.8. The van der Waals surface area contributed by atoms with Gasteiger partial charge in [-0.25, -0.2) is 0 Å². The minimum Gasteiger partial charge on any atom is -0.465 e. The Labute approximate surface area is 105 Å². The Bertz CT molecular complexity index is 380. The van der Waals surface area contributed by atoms with Crippen molar-refractivity contribution in [3.05, 3.63) is 5.82 Å². The number of aryl methyl sites for hydroxylation is 1. The van der Waals surface area contributed by atoms with Gasteiger partial charge in [0, 0.05) is 12.8 Å². The van der Waals surface area contributed by atoms with Crippen LogP contribution in [0.3, 0.4) is 0 Å². The van der Waals surface area contributed by atoms with Crippen LogP contribution in [-0.4, -0.2) is 39.1 Å². The van der Waals surface area contributed by atoms with E-state index in [0.717, 1.165) is 11.0 Å². The number of nitrogens with zero attached hydrogens (tertiary/aromatic N) is 3. The molecule has 7 heteroatoms. The van der Waals surface area contributed by atoms with Crippen molar-refractivity contribution >= 4 is 17.7 Å². The van der Waals surface area contributed by atoms with E-state index < -0.39 is 6.04 Å². The quantitative estimate of drug-likeness (QED) is 0.591. The third-order valence-electron chi connectivity index (χ3n) is 2.30. The van der Waals surface area contributed by atoms with Gasteiger partial charge in [-0.05, 0) is 20.3 Å². The lowest BCUT2D eigenvalue weighted by Crippen LogP contribution is -2.32. The second-order valence-electron chi connectivity index (χ2n) is 3.58. The molecule has 17 heavy (non-hydrogen) atoms. The van der Waals surface area contributed by atoms with Crippen LogP contribution in [0.4, 0.5) is 0 Å². The Balaban J connectivity index is 2.33. The lowest BCUT2D eigenvalue weighted by molar-refractivity contribution is -0.144. The zero-order valence-corrected chi connectivity index (χ0v) is 11.2. The van der Waals surface area contributed by atoms with Gasteiger partial charge < -0.3 is 15.0 Å². The van der Waals surface area contributed by atoms with Gasteiger partial charge >= 0.3 is 5.97 Å². The molecule has 1 aromatic rings. The molecule has 0 aliphatic rings. The van der Waals surface area contributed by atoms with Gasteiger partial charge in [0.1, 0.15) is 11.9 Å². The summed E-state index contributed by atoms with van der Waals surface area (Å²) in [5.74, 6) is 1.23. The number of thioether (sulfide) groups is 1. The maximum atomic E-state index is 11.3. The smallest absolute Gasteiger partial charge is 0.322 e. The van der Waals surface area contributed by atoms with Crippen molar-refractivity contribution in [1.82, 2.24) is 14.8 Å². The van der Waals surface area contributed by atoms with Crippen molar-refractivity contribution in [2.24, 2.45) is 12.8 Å². The fraction of sp³-hybridized carbons (Fsp3) is 0.700. The molecule has 1 heterocycles. The molecule has 96 valence electrons. The topological polar surface area (TPSA) is 83.0 Å². The summed E-state index contributed by atoms with van der Waals surface area (Å²) in [6, 6.07) is -0.559. The van der Waals surface area contributed by atoms with Gasteiger partial charge in [-0.1, -0.05) is 11.8 Å². The van der Waals surface area contributed by atoms with Crippen molar-refractivity contribution in [3.8, 4) is 0 Å². The average molecular weight is 258 g/mol. The van der Waals surface area contributed by atoms with E-state index in [1.807, 2.05) is 18.5 Å². The van der Waals surface area contributed by atoms with Crippen LogP contribution in [0.25, 0.3) is 0 Å². The molecule has 1 rings (SSSR count). The molecule has 0 aliphatic carbocycles. The summed E-state index contributed by atoms with van der Waals surface area (Å²) in [6.07, 6.45) is 0.565. The third kappa shape index (κ3) is 4.01. The van der Waals surface area contributed by atoms with Gasteiger partial charge in [-0.2, -0.15) is 0 Å². The molecule has 1 unspecified atom stereocenters. The minimum absolute atomic E-state index is 0.345. The second-order valence-corrected chi connectivity index (χ2v) is 4.65. The fourth-order valence-electron chi connectivity index (χ4n) is 1.16. The van der Waals surface area contributed by atoms with E-state index in [2.05, 4.69) is 10.2 Å². The highest BCUT2D eigenvalue weighted by molar-refractivity contribution is 7.99. The number of hydrogen-bond acceptors (Lipinski definition) is 6. The molecule has 0 aliphatic heterocycles. The van der Waals surface area contributed by atoms with E-state index >= 15 is 0 Å². The molecule has 0 spiro atoms. The minimum atomic E-state index is -0.559. The summed E-state index contributed by atoms with van der Waals surface area (Å²) in [4.78, 5) is 11.3. The molecule has 0 fully saturated rings. The number of rotatable bonds is 6. The summed E-state index contributed by atoms with van der Waals surface area (Å²) in [7, 11) is 1.91. The number of ether oxygens (including phenoxy) is 1. The molecular formula is C10H18N4O2S. The molecular weight excluding hydrogens is 240 g/mol. The summed E-state index contributed by atoms with van der Waals surface area (Å²) in [5, 5.41) is 8.79. The Kier molecular flexibility index (Phi) is 5.43. The molecule has 1 aromatic heterocycles. The van der Waals surface area contributed by atoms with E-state index in [4.69, 9.17) is 10.5 Å². The first-order valence-electron chi connectivity index (χ1n) is 5.47.